The second-order valence-corrected chi connectivity index (χ2v) is 11.7. The van der Waals surface area contributed by atoms with Gasteiger partial charge in [-0.2, -0.15) is 11.8 Å². The molecule has 4 nitrogen and oxygen atoms in total. The summed E-state index contributed by atoms with van der Waals surface area (Å²) in [5, 5.41) is 12.8. The molecule has 216 valence electrons. The van der Waals surface area contributed by atoms with Crippen molar-refractivity contribution in [1.29, 1.82) is 0 Å². The van der Waals surface area contributed by atoms with Crippen molar-refractivity contribution in [3.63, 3.8) is 0 Å². The van der Waals surface area contributed by atoms with Crippen LogP contribution in [0.3, 0.4) is 0 Å². The average molecular weight is 562 g/mol. The van der Waals surface area contributed by atoms with Gasteiger partial charge in [0.2, 0.25) is 0 Å². The van der Waals surface area contributed by atoms with E-state index in [0.717, 1.165) is 53.7 Å². The number of carbonyl (C=O) groups excluding carboxylic acids is 1. The fourth-order valence-corrected chi connectivity index (χ4v) is 5.62. The van der Waals surface area contributed by atoms with Crippen molar-refractivity contribution >= 4 is 23.4 Å². The van der Waals surface area contributed by atoms with Gasteiger partial charge in [-0.25, -0.2) is 4.79 Å². The zero-order chi connectivity index (χ0) is 29.5. The highest BCUT2D eigenvalue weighted by molar-refractivity contribution is 7.99. The van der Waals surface area contributed by atoms with Gasteiger partial charge in [-0.05, 0) is 77.0 Å². The minimum atomic E-state index is -0.573. The number of fused-ring (bicyclic) bond motifs is 1. The molecule has 2 atom stereocenters. The number of alkyl carbamates (subject to hydrolysis) is 1. The molecule has 0 aliphatic heterocycles. The maximum atomic E-state index is 12.6. The van der Waals surface area contributed by atoms with E-state index in [9.17, 15) is 9.90 Å². The number of ether oxygens (including phenoxy) is 1. The van der Waals surface area contributed by atoms with E-state index in [0.29, 0.717) is 5.75 Å². The quantitative estimate of drug-likeness (QED) is 0.0913. The van der Waals surface area contributed by atoms with Gasteiger partial charge >= 0.3 is 6.09 Å². The number of aliphatic hydroxyl groups excluding tert-OH is 1. The molecule has 1 amide bonds. The Labute approximate surface area is 246 Å². The molecule has 2 unspecified atom stereocenters. The summed E-state index contributed by atoms with van der Waals surface area (Å²) >= 11 is 1.64. The van der Waals surface area contributed by atoms with E-state index in [1.54, 1.807) is 17.8 Å². The van der Waals surface area contributed by atoms with Gasteiger partial charge in [0.25, 0.3) is 0 Å². The smallest absolute Gasteiger partial charge is 0.407 e. The minimum Gasteiger partial charge on any atom is -0.511 e. The van der Waals surface area contributed by atoms with Crippen molar-refractivity contribution < 1.29 is 14.6 Å². The number of hydrogen-bond donors (Lipinski definition) is 2. The topological polar surface area (TPSA) is 58.6 Å². The van der Waals surface area contributed by atoms with E-state index in [4.69, 9.17) is 4.74 Å². The molecule has 1 aliphatic carbocycles. The molecular formula is C35H47NO3S. The van der Waals surface area contributed by atoms with Crippen LogP contribution in [0.25, 0.3) is 5.57 Å². The second kappa shape index (κ2) is 17.5. The lowest BCUT2D eigenvalue weighted by Gasteiger charge is -2.19. The largest absolute Gasteiger partial charge is 0.511 e. The molecule has 1 aromatic rings. The number of thioether (sulfide) groups is 1. The molecule has 0 spiro atoms. The first-order chi connectivity index (χ1) is 19.1. The third-order valence-electron chi connectivity index (χ3n) is 7.01. The standard InChI is InChI=1S/C35H47NO3S/c1-8-9-18-30-28(6)33(32-20-11-10-19-31(30)32)23-39-35(38)36-34(29(7)37)24-40-22-21-27(5)17-13-16-26(4)15-12-14-25(2)3/h8-11,14,16,18-21,33-34,37H,1,7,12-13,15,17,22-24H2,2-6H3,(H,36,38)/b18-9-,26-16+,27-21+. The third-order valence-corrected chi connectivity index (χ3v) is 7.98. The first-order valence-corrected chi connectivity index (χ1v) is 15.2. The van der Waals surface area contributed by atoms with E-state index in [2.05, 4.69) is 83.5 Å². The molecule has 2 N–H and O–H groups in total. The van der Waals surface area contributed by atoms with Crippen molar-refractivity contribution in [2.24, 2.45) is 0 Å². The van der Waals surface area contributed by atoms with E-state index < -0.39 is 12.1 Å². The van der Waals surface area contributed by atoms with E-state index >= 15 is 0 Å². The highest BCUT2D eigenvalue weighted by atomic mass is 32.2. The van der Waals surface area contributed by atoms with Crippen LogP contribution >= 0.6 is 11.8 Å². The normalized spacial score (nSPS) is 16.1. The van der Waals surface area contributed by atoms with Gasteiger partial charge in [0.15, 0.2) is 0 Å². The number of rotatable bonds is 16. The molecule has 0 heterocycles. The Morgan fingerprint density at radius 1 is 1.10 bits per heavy atom. The minimum absolute atomic E-state index is 0.0133. The maximum absolute atomic E-state index is 12.6. The predicted molar refractivity (Wildman–Crippen MR) is 174 cm³/mol. The predicted octanol–water partition coefficient (Wildman–Crippen LogP) is 9.62. The fraction of sp³-hybridized carbons (Fsp3) is 0.400. The Balaban J connectivity index is 1.81. The summed E-state index contributed by atoms with van der Waals surface area (Å²) < 4.78 is 5.62. The molecule has 5 heteroatoms. The van der Waals surface area contributed by atoms with Crippen molar-refractivity contribution in [1.82, 2.24) is 5.32 Å². The van der Waals surface area contributed by atoms with Gasteiger partial charge in [0.1, 0.15) is 12.4 Å². The summed E-state index contributed by atoms with van der Waals surface area (Å²) in [6, 6.07) is 7.61. The van der Waals surface area contributed by atoms with Gasteiger partial charge in [-0.3, -0.25) is 0 Å². The van der Waals surface area contributed by atoms with Crippen LogP contribution in [0.1, 0.15) is 77.3 Å². The number of benzene rings is 1. The Bertz CT molecular complexity index is 1180. The molecule has 0 saturated heterocycles. The van der Waals surface area contributed by atoms with Crippen LogP contribution in [0.15, 0.2) is 102 Å². The van der Waals surface area contributed by atoms with Crippen LogP contribution in [0, 0.1) is 0 Å². The molecule has 0 aromatic heterocycles. The molecule has 0 saturated carbocycles. The van der Waals surface area contributed by atoms with Crippen LogP contribution in [0.5, 0.6) is 0 Å². The van der Waals surface area contributed by atoms with Crippen LogP contribution in [-0.4, -0.2) is 35.4 Å². The molecule has 1 aliphatic rings. The van der Waals surface area contributed by atoms with Gasteiger partial charge in [0, 0.05) is 17.4 Å². The SMILES string of the molecule is C=C/C=C\C1=C(C)C(COC(=O)NC(CSC/C=C(\C)CC/C=C(\C)CCC=C(C)C)C(=C)O)c2ccccc21. The molecule has 0 fully saturated rings. The molecule has 40 heavy (non-hydrogen) atoms. The Hall–Kier alpha value is -3.18. The summed E-state index contributed by atoms with van der Waals surface area (Å²) in [5.41, 5.74) is 8.74. The molecule has 0 bridgehead atoms. The number of aliphatic hydroxyl groups is 1. The van der Waals surface area contributed by atoms with E-state index in [1.165, 1.54) is 16.7 Å². The van der Waals surface area contributed by atoms with Crippen LogP contribution in [0.2, 0.25) is 0 Å². The number of carbonyl (C=O) groups is 1. The van der Waals surface area contributed by atoms with Gasteiger partial charge < -0.3 is 15.2 Å². The number of amides is 1. The Morgan fingerprint density at radius 2 is 1.77 bits per heavy atom. The summed E-state index contributed by atoms with van der Waals surface area (Å²) in [6.07, 6.45) is 16.3. The summed E-state index contributed by atoms with van der Waals surface area (Å²) in [4.78, 5) is 12.6. The summed E-state index contributed by atoms with van der Waals surface area (Å²) in [5.74, 6) is 1.23. The van der Waals surface area contributed by atoms with Crippen LogP contribution in [-0.2, 0) is 4.74 Å². The third kappa shape index (κ3) is 11.1. The molecule has 1 aromatic carbocycles. The zero-order valence-electron chi connectivity index (χ0n) is 25.0. The first-order valence-electron chi connectivity index (χ1n) is 14.1. The van der Waals surface area contributed by atoms with E-state index in [-0.39, 0.29) is 18.3 Å². The van der Waals surface area contributed by atoms with Crippen LogP contribution in [0.4, 0.5) is 4.79 Å². The van der Waals surface area contributed by atoms with Gasteiger partial charge in [-0.1, -0.05) is 96.2 Å². The highest BCUT2D eigenvalue weighted by Gasteiger charge is 2.28. The molecular weight excluding hydrogens is 514 g/mol. The lowest BCUT2D eigenvalue weighted by molar-refractivity contribution is 0.138. The van der Waals surface area contributed by atoms with Crippen LogP contribution < -0.4 is 5.32 Å². The lowest BCUT2D eigenvalue weighted by Crippen LogP contribution is -2.38. The fourth-order valence-electron chi connectivity index (χ4n) is 4.57. The highest BCUT2D eigenvalue weighted by Crippen LogP contribution is 2.42. The molecule has 2 rings (SSSR count). The lowest BCUT2D eigenvalue weighted by atomic mass is 9.98. The van der Waals surface area contributed by atoms with Crippen molar-refractivity contribution in [2.45, 2.75) is 72.3 Å². The zero-order valence-corrected chi connectivity index (χ0v) is 25.8. The number of allylic oxidation sites excluding steroid dienone is 9. The molecule has 0 radical (unpaired) electrons. The summed E-state index contributed by atoms with van der Waals surface area (Å²) in [6.45, 7) is 18.3. The van der Waals surface area contributed by atoms with Crippen molar-refractivity contribution in [3.8, 4) is 0 Å². The number of nitrogens with one attached hydrogen (secondary N) is 1. The first kappa shape index (κ1) is 33.0. The second-order valence-electron chi connectivity index (χ2n) is 10.6. The van der Waals surface area contributed by atoms with E-state index in [1.807, 2.05) is 24.3 Å². The maximum Gasteiger partial charge on any atom is 0.407 e. The van der Waals surface area contributed by atoms with Gasteiger partial charge in [0.05, 0.1) is 6.04 Å². The monoisotopic (exact) mass is 561 g/mol. The van der Waals surface area contributed by atoms with Crippen molar-refractivity contribution in [2.75, 3.05) is 18.1 Å². The number of hydrogen-bond acceptors (Lipinski definition) is 4. The average Bonchev–Trinajstić information content (AvgIpc) is 3.17. The Kier molecular flexibility index (Phi) is 14.4. The summed E-state index contributed by atoms with van der Waals surface area (Å²) in [7, 11) is 0. The van der Waals surface area contributed by atoms with Gasteiger partial charge in [-0.15, -0.1) is 0 Å². The van der Waals surface area contributed by atoms with Crippen molar-refractivity contribution in [3.05, 3.63) is 113 Å². The Morgan fingerprint density at radius 3 is 2.45 bits per heavy atom.